The van der Waals surface area contributed by atoms with Gasteiger partial charge in [-0.2, -0.15) is 0 Å². The van der Waals surface area contributed by atoms with E-state index in [4.69, 9.17) is 5.11 Å². The number of amides is 2. The van der Waals surface area contributed by atoms with E-state index in [-0.39, 0.29) is 11.6 Å². The first-order valence-corrected chi connectivity index (χ1v) is 6.48. The molecule has 1 aromatic rings. The number of anilines is 1. The summed E-state index contributed by atoms with van der Waals surface area (Å²) in [5.41, 5.74) is 0.540. The van der Waals surface area contributed by atoms with Crippen molar-refractivity contribution in [1.82, 2.24) is 4.90 Å². The van der Waals surface area contributed by atoms with E-state index in [0.29, 0.717) is 23.2 Å². The number of carbonyl (C=O) groups excluding carboxylic acids is 1. The number of hydrogen-bond donors (Lipinski definition) is 2. The predicted molar refractivity (Wildman–Crippen MR) is 77.6 cm³/mol. The molecule has 2 amide bonds. The molecular formula is C13H15BrN2O3. The Kier molecular flexibility index (Phi) is 5.57. The van der Waals surface area contributed by atoms with Crippen molar-refractivity contribution in [2.75, 3.05) is 18.4 Å². The minimum Gasteiger partial charge on any atom is -0.478 e. The van der Waals surface area contributed by atoms with Crippen molar-refractivity contribution in [2.24, 2.45) is 0 Å². The van der Waals surface area contributed by atoms with Crippen molar-refractivity contribution in [3.63, 3.8) is 0 Å². The zero-order valence-electron chi connectivity index (χ0n) is 10.5. The fourth-order valence-electron chi connectivity index (χ4n) is 1.48. The number of benzene rings is 1. The van der Waals surface area contributed by atoms with Gasteiger partial charge in [0.2, 0.25) is 0 Å². The average Bonchev–Trinajstić information content (AvgIpc) is 2.37. The van der Waals surface area contributed by atoms with Crippen molar-refractivity contribution in [3.8, 4) is 0 Å². The minimum absolute atomic E-state index is 0.101. The maximum absolute atomic E-state index is 11.9. The predicted octanol–water partition coefficient (Wildman–Crippen LogP) is 3.19. The summed E-state index contributed by atoms with van der Waals surface area (Å²) in [5, 5.41) is 11.7. The lowest BCUT2D eigenvalue weighted by atomic mass is 10.2. The standard InChI is InChI=1S/C13H15BrN2O3/c1-3-7-16(4-2)13(19)15-9-5-6-11(14)10(8-9)12(17)18/h3,5-6,8H,1,4,7H2,2H3,(H,15,19)(H,17,18). The average molecular weight is 327 g/mol. The molecule has 5 nitrogen and oxygen atoms in total. The molecule has 2 N–H and O–H groups in total. The first-order chi connectivity index (χ1) is 8.99. The van der Waals surface area contributed by atoms with Gasteiger partial charge in [-0.05, 0) is 41.1 Å². The van der Waals surface area contributed by atoms with Gasteiger partial charge in [0, 0.05) is 23.2 Å². The summed E-state index contributed by atoms with van der Waals surface area (Å²) in [7, 11) is 0. The molecule has 1 rings (SSSR count). The van der Waals surface area contributed by atoms with Gasteiger partial charge in [-0.3, -0.25) is 0 Å². The van der Waals surface area contributed by atoms with Crippen LogP contribution in [-0.2, 0) is 0 Å². The van der Waals surface area contributed by atoms with E-state index in [0.717, 1.165) is 0 Å². The summed E-state index contributed by atoms with van der Waals surface area (Å²) in [5.74, 6) is -1.05. The van der Waals surface area contributed by atoms with Gasteiger partial charge in [-0.15, -0.1) is 6.58 Å². The number of nitrogens with zero attached hydrogens (tertiary/aromatic N) is 1. The fraction of sp³-hybridized carbons (Fsp3) is 0.231. The number of aromatic carboxylic acids is 1. The van der Waals surface area contributed by atoms with E-state index in [1.54, 1.807) is 23.1 Å². The van der Waals surface area contributed by atoms with E-state index in [2.05, 4.69) is 27.8 Å². The number of halogens is 1. The van der Waals surface area contributed by atoms with Gasteiger partial charge in [0.1, 0.15) is 0 Å². The highest BCUT2D eigenvalue weighted by Gasteiger charge is 2.13. The number of carboxylic acids is 1. The molecule has 0 aliphatic heterocycles. The van der Waals surface area contributed by atoms with Crippen molar-refractivity contribution < 1.29 is 14.7 Å². The number of carbonyl (C=O) groups is 2. The normalized spacial score (nSPS) is 9.79. The Balaban J connectivity index is 2.87. The number of carboxylic acid groups (broad SMARTS) is 1. The van der Waals surface area contributed by atoms with E-state index in [1.165, 1.54) is 6.07 Å². The molecule has 0 spiro atoms. The lowest BCUT2D eigenvalue weighted by Crippen LogP contribution is -2.34. The minimum atomic E-state index is -1.05. The van der Waals surface area contributed by atoms with Crippen LogP contribution in [0.3, 0.4) is 0 Å². The van der Waals surface area contributed by atoms with E-state index < -0.39 is 5.97 Å². The van der Waals surface area contributed by atoms with Gasteiger partial charge >= 0.3 is 12.0 Å². The third kappa shape index (κ3) is 4.10. The number of hydrogen-bond acceptors (Lipinski definition) is 2. The topological polar surface area (TPSA) is 69.6 Å². The van der Waals surface area contributed by atoms with Crippen molar-refractivity contribution >= 4 is 33.6 Å². The smallest absolute Gasteiger partial charge is 0.336 e. The van der Waals surface area contributed by atoms with Crippen LogP contribution in [0.15, 0.2) is 35.3 Å². The monoisotopic (exact) mass is 326 g/mol. The molecule has 6 heteroatoms. The summed E-state index contributed by atoms with van der Waals surface area (Å²) in [4.78, 5) is 24.4. The molecule has 19 heavy (non-hydrogen) atoms. The molecule has 0 aliphatic carbocycles. The highest BCUT2D eigenvalue weighted by Crippen LogP contribution is 2.21. The zero-order chi connectivity index (χ0) is 14.4. The Morgan fingerprint density at radius 3 is 2.74 bits per heavy atom. The van der Waals surface area contributed by atoms with Crippen LogP contribution in [0.5, 0.6) is 0 Å². The zero-order valence-corrected chi connectivity index (χ0v) is 12.1. The molecule has 0 unspecified atom stereocenters. The maximum Gasteiger partial charge on any atom is 0.336 e. The second-order valence-corrected chi connectivity index (χ2v) is 4.61. The summed E-state index contributed by atoms with van der Waals surface area (Å²) in [6.45, 7) is 6.41. The first kappa shape index (κ1) is 15.2. The second kappa shape index (κ2) is 6.94. The lowest BCUT2D eigenvalue weighted by Gasteiger charge is -2.19. The highest BCUT2D eigenvalue weighted by molar-refractivity contribution is 9.10. The molecule has 0 aliphatic rings. The summed E-state index contributed by atoms with van der Waals surface area (Å²) in [6.07, 6.45) is 1.63. The highest BCUT2D eigenvalue weighted by atomic mass is 79.9. The van der Waals surface area contributed by atoms with E-state index in [9.17, 15) is 9.59 Å². The van der Waals surface area contributed by atoms with Crippen LogP contribution >= 0.6 is 15.9 Å². The van der Waals surface area contributed by atoms with Gasteiger partial charge in [-0.1, -0.05) is 6.08 Å². The Morgan fingerprint density at radius 2 is 2.21 bits per heavy atom. The molecule has 0 aromatic heterocycles. The van der Waals surface area contributed by atoms with Crippen LogP contribution in [0.25, 0.3) is 0 Å². The molecule has 0 saturated heterocycles. The van der Waals surface area contributed by atoms with Gasteiger partial charge in [-0.25, -0.2) is 9.59 Å². The molecule has 0 fully saturated rings. The molecule has 0 radical (unpaired) electrons. The molecule has 0 saturated carbocycles. The molecule has 0 bridgehead atoms. The van der Waals surface area contributed by atoms with Gasteiger partial charge in [0.05, 0.1) is 5.56 Å². The molecular weight excluding hydrogens is 312 g/mol. The van der Waals surface area contributed by atoms with Crippen LogP contribution in [0, 0.1) is 0 Å². The summed E-state index contributed by atoms with van der Waals surface area (Å²) in [6, 6.07) is 4.34. The van der Waals surface area contributed by atoms with Gasteiger partial charge in [0.25, 0.3) is 0 Å². The van der Waals surface area contributed by atoms with Gasteiger partial charge in [0.15, 0.2) is 0 Å². The second-order valence-electron chi connectivity index (χ2n) is 3.76. The maximum atomic E-state index is 11.9. The molecule has 0 atom stereocenters. The largest absolute Gasteiger partial charge is 0.478 e. The first-order valence-electron chi connectivity index (χ1n) is 5.69. The van der Waals surface area contributed by atoms with Gasteiger partial charge < -0.3 is 15.3 Å². The van der Waals surface area contributed by atoms with Crippen molar-refractivity contribution in [3.05, 3.63) is 40.9 Å². The number of rotatable bonds is 5. The van der Waals surface area contributed by atoms with Crippen LogP contribution in [0.2, 0.25) is 0 Å². The number of nitrogens with one attached hydrogen (secondary N) is 1. The fourth-order valence-corrected chi connectivity index (χ4v) is 1.90. The van der Waals surface area contributed by atoms with E-state index in [1.807, 2.05) is 6.92 Å². The Hall–Kier alpha value is -1.82. The molecule has 102 valence electrons. The Morgan fingerprint density at radius 1 is 1.53 bits per heavy atom. The van der Waals surface area contributed by atoms with Crippen LogP contribution in [0.4, 0.5) is 10.5 Å². The SMILES string of the molecule is C=CCN(CC)C(=O)Nc1ccc(Br)c(C(=O)O)c1. The van der Waals surface area contributed by atoms with Crippen LogP contribution in [-0.4, -0.2) is 35.1 Å². The third-order valence-corrected chi connectivity index (χ3v) is 3.16. The third-order valence-electron chi connectivity index (χ3n) is 2.47. The molecule has 0 heterocycles. The number of likely N-dealkylation sites (N-methyl/N-ethyl adjacent to an activating group) is 1. The van der Waals surface area contributed by atoms with E-state index >= 15 is 0 Å². The number of urea groups is 1. The molecule has 1 aromatic carbocycles. The summed E-state index contributed by atoms with van der Waals surface area (Å²) < 4.78 is 0.469. The Bertz CT molecular complexity index is 503. The lowest BCUT2D eigenvalue weighted by molar-refractivity contribution is 0.0696. The van der Waals surface area contributed by atoms with Crippen molar-refractivity contribution in [1.29, 1.82) is 0 Å². The quantitative estimate of drug-likeness (QED) is 0.816. The van der Waals surface area contributed by atoms with Crippen molar-refractivity contribution in [2.45, 2.75) is 6.92 Å². The van der Waals surface area contributed by atoms with Crippen LogP contribution in [0.1, 0.15) is 17.3 Å². The Labute approximate surface area is 120 Å². The summed E-state index contributed by atoms with van der Waals surface area (Å²) >= 11 is 3.15. The van der Waals surface area contributed by atoms with Crippen LogP contribution < -0.4 is 5.32 Å².